The van der Waals surface area contributed by atoms with Crippen LogP contribution in [0, 0.1) is 5.82 Å². The van der Waals surface area contributed by atoms with Crippen LogP contribution in [0.3, 0.4) is 0 Å². The van der Waals surface area contributed by atoms with Gasteiger partial charge >= 0.3 is 0 Å². The third-order valence-corrected chi connectivity index (χ3v) is 2.43. The van der Waals surface area contributed by atoms with E-state index in [2.05, 4.69) is 5.32 Å². The number of carbonyl (C=O) groups excluding carboxylic acids is 1. The zero-order valence-corrected chi connectivity index (χ0v) is 9.59. The van der Waals surface area contributed by atoms with Gasteiger partial charge in [-0.15, -0.1) is 0 Å². The Morgan fingerprint density at radius 1 is 1.00 bits per heavy atom. The molecule has 6 heteroatoms. The first-order chi connectivity index (χ1) is 8.97. The van der Waals surface area contributed by atoms with Crippen LogP contribution in [-0.4, -0.2) is 21.2 Å². The second-order valence-electron chi connectivity index (χ2n) is 3.82. The third kappa shape index (κ3) is 2.74. The molecular weight excluding hydrogens is 253 g/mol. The number of phenolic OH excluding ortho intramolecular Hbond substituents is 3. The smallest absolute Gasteiger partial charge is 0.255 e. The average molecular weight is 263 g/mol. The predicted molar refractivity (Wildman–Crippen MR) is 65.8 cm³/mol. The van der Waals surface area contributed by atoms with Gasteiger partial charge in [-0.25, -0.2) is 4.39 Å². The fourth-order valence-corrected chi connectivity index (χ4v) is 1.47. The fraction of sp³-hybridized carbons (Fsp3) is 0. The van der Waals surface area contributed by atoms with Gasteiger partial charge in [0.2, 0.25) is 0 Å². The first-order valence-corrected chi connectivity index (χ1v) is 5.29. The quantitative estimate of drug-likeness (QED) is 0.625. The van der Waals surface area contributed by atoms with Crippen molar-refractivity contribution in [3.8, 4) is 17.2 Å². The number of rotatable bonds is 2. The lowest BCUT2D eigenvalue weighted by Crippen LogP contribution is -2.11. The highest BCUT2D eigenvalue weighted by molar-refractivity contribution is 6.05. The van der Waals surface area contributed by atoms with Crippen LogP contribution in [0.1, 0.15) is 10.4 Å². The summed E-state index contributed by atoms with van der Waals surface area (Å²) in [6.07, 6.45) is 0. The van der Waals surface area contributed by atoms with Crippen molar-refractivity contribution in [1.82, 2.24) is 0 Å². The summed E-state index contributed by atoms with van der Waals surface area (Å²) in [7, 11) is 0. The van der Waals surface area contributed by atoms with Gasteiger partial charge in [-0.1, -0.05) is 0 Å². The number of phenols is 3. The van der Waals surface area contributed by atoms with Crippen LogP contribution in [0.25, 0.3) is 0 Å². The highest BCUT2D eigenvalue weighted by atomic mass is 19.1. The lowest BCUT2D eigenvalue weighted by Gasteiger charge is -2.07. The number of aromatic hydroxyl groups is 3. The first-order valence-electron chi connectivity index (χ1n) is 5.29. The Bertz CT molecular complexity index is 602. The van der Waals surface area contributed by atoms with Gasteiger partial charge in [0, 0.05) is 11.3 Å². The summed E-state index contributed by atoms with van der Waals surface area (Å²) < 4.78 is 12.7. The van der Waals surface area contributed by atoms with Gasteiger partial charge in [0.05, 0.1) is 0 Å². The molecule has 0 aliphatic carbocycles. The predicted octanol–water partition coefficient (Wildman–Crippen LogP) is 2.19. The zero-order chi connectivity index (χ0) is 14.0. The number of hydrogen-bond acceptors (Lipinski definition) is 4. The topological polar surface area (TPSA) is 89.8 Å². The fourth-order valence-electron chi connectivity index (χ4n) is 1.47. The molecule has 1 amide bonds. The summed E-state index contributed by atoms with van der Waals surface area (Å²) in [6.45, 7) is 0. The van der Waals surface area contributed by atoms with Crippen LogP contribution < -0.4 is 5.32 Å². The molecule has 0 spiro atoms. The summed E-state index contributed by atoms with van der Waals surface area (Å²) in [5.74, 6) is -2.96. The van der Waals surface area contributed by atoms with Gasteiger partial charge in [-0.3, -0.25) is 4.79 Å². The molecule has 0 radical (unpaired) electrons. The number of nitrogens with one attached hydrogen (secondary N) is 1. The molecule has 0 saturated heterocycles. The summed E-state index contributed by atoms with van der Waals surface area (Å²) in [5, 5.41) is 30.2. The van der Waals surface area contributed by atoms with Gasteiger partial charge in [-0.05, 0) is 36.4 Å². The highest BCUT2D eigenvalue weighted by Gasteiger charge is 2.13. The Morgan fingerprint density at radius 2 is 1.53 bits per heavy atom. The molecular formula is C13H10FNO4. The minimum absolute atomic E-state index is 0.0443. The molecule has 0 unspecified atom stereocenters. The molecule has 2 rings (SSSR count). The molecule has 2 aromatic rings. The minimum atomic E-state index is -0.696. The van der Waals surface area contributed by atoms with Crippen molar-refractivity contribution in [2.45, 2.75) is 0 Å². The van der Waals surface area contributed by atoms with Crippen LogP contribution in [0.5, 0.6) is 17.2 Å². The van der Waals surface area contributed by atoms with Gasteiger partial charge in [0.15, 0.2) is 17.2 Å². The summed E-state index contributed by atoms with van der Waals surface area (Å²) in [6, 6.07) is 7.12. The van der Waals surface area contributed by atoms with Gasteiger partial charge in [0.1, 0.15) is 5.82 Å². The molecule has 0 saturated carbocycles. The van der Waals surface area contributed by atoms with Gasteiger partial charge in [0.25, 0.3) is 5.91 Å². The van der Waals surface area contributed by atoms with Crippen LogP contribution in [-0.2, 0) is 0 Å². The molecule has 0 atom stereocenters. The average Bonchev–Trinajstić information content (AvgIpc) is 2.38. The molecule has 0 aromatic heterocycles. The lowest BCUT2D eigenvalue weighted by atomic mass is 10.1. The lowest BCUT2D eigenvalue weighted by molar-refractivity contribution is 0.102. The first kappa shape index (κ1) is 12.7. The van der Waals surface area contributed by atoms with E-state index < -0.39 is 29.0 Å². The van der Waals surface area contributed by atoms with Crippen LogP contribution in [0.15, 0.2) is 36.4 Å². The van der Waals surface area contributed by atoms with Gasteiger partial charge in [-0.2, -0.15) is 0 Å². The summed E-state index contributed by atoms with van der Waals surface area (Å²) in [5.41, 5.74) is 0.315. The van der Waals surface area contributed by atoms with E-state index >= 15 is 0 Å². The van der Waals surface area contributed by atoms with E-state index in [4.69, 9.17) is 5.11 Å². The molecule has 0 aliphatic rings. The molecule has 0 fully saturated rings. The van der Waals surface area contributed by atoms with Crippen molar-refractivity contribution in [3.63, 3.8) is 0 Å². The Kier molecular flexibility index (Phi) is 3.24. The molecule has 0 bridgehead atoms. The van der Waals surface area contributed by atoms with E-state index in [1.165, 1.54) is 24.3 Å². The number of anilines is 1. The van der Waals surface area contributed by atoms with Crippen LogP contribution in [0.4, 0.5) is 10.1 Å². The van der Waals surface area contributed by atoms with Crippen LogP contribution >= 0.6 is 0 Å². The molecule has 0 aliphatic heterocycles. The molecule has 2 aromatic carbocycles. The van der Waals surface area contributed by atoms with Crippen molar-refractivity contribution < 1.29 is 24.5 Å². The summed E-state index contributed by atoms with van der Waals surface area (Å²) in [4.78, 5) is 11.8. The van der Waals surface area contributed by atoms with Crippen molar-refractivity contribution in [3.05, 3.63) is 47.8 Å². The molecule has 0 heterocycles. The van der Waals surface area contributed by atoms with E-state index in [-0.39, 0.29) is 5.56 Å². The third-order valence-electron chi connectivity index (χ3n) is 2.43. The second kappa shape index (κ2) is 4.85. The van der Waals surface area contributed by atoms with Crippen molar-refractivity contribution in [1.29, 1.82) is 0 Å². The van der Waals surface area contributed by atoms with Crippen molar-refractivity contribution in [2.24, 2.45) is 0 Å². The number of hydrogen-bond donors (Lipinski definition) is 4. The number of halogens is 1. The zero-order valence-electron chi connectivity index (χ0n) is 9.59. The van der Waals surface area contributed by atoms with Crippen molar-refractivity contribution in [2.75, 3.05) is 5.32 Å². The maximum Gasteiger partial charge on any atom is 0.255 e. The van der Waals surface area contributed by atoms with E-state index in [1.807, 2.05) is 0 Å². The van der Waals surface area contributed by atoms with Crippen LogP contribution in [0.2, 0.25) is 0 Å². The van der Waals surface area contributed by atoms with Gasteiger partial charge < -0.3 is 20.6 Å². The normalized spacial score (nSPS) is 10.2. The van der Waals surface area contributed by atoms with E-state index in [0.29, 0.717) is 5.69 Å². The SMILES string of the molecule is O=C(Nc1ccc(F)cc1)c1cc(O)c(O)c(O)c1. The Hall–Kier alpha value is -2.76. The molecule has 4 N–H and O–H groups in total. The maximum absolute atomic E-state index is 12.7. The molecule has 5 nitrogen and oxygen atoms in total. The Labute approximate surface area is 107 Å². The molecule has 98 valence electrons. The van der Waals surface area contributed by atoms with E-state index in [9.17, 15) is 19.4 Å². The number of benzene rings is 2. The minimum Gasteiger partial charge on any atom is -0.504 e. The standard InChI is InChI=1S/C13H10FNO4/c14-8-1-3-9(4-2-8)15-13(19)7-5-10(16)12(18)11(17)6-7/h1-6,16-18H,(H,15,19). The number of amides is 1. The Balaban J connectivity index is 2.23. The van der Waals surface area contributed by atoms with Crippen molar-refractivity contribution >= 4 is 11.6 Å². The number of carbonyl (C=O) groups is 1. The monoisotopic (exact) mass is 263 g/mol. The Morgan fingerprint density at radius 3 is 2.05 bits per heavy atom. The summed E-state index contributed by atoms with van der Waals surface area (Å²) >= 11 is 0. The molecule has 19 heavy (non-hydrogen) atoms. The second-order valence-corrected chi connectivity index (χ2v) is 3.82. The largest absolute Gasteiger partial charge is 0.504 e. The van der Waals surface area contributed by atoms with E-state index in [1.54, 1.807) is 0 Å². The highest BCUT2D eigenvalue weighted by Crippen LogP contribution is 2.35. The van der Waals surface area contributed by atoms with E-state index in [0.717, 1.165) is 12.1 Å². The maximum atomic E-state index is 12.7.